The van der Waals surface area contributed by atoms with Gasteiger partial charge in [-0.25, -0.2) is 19.9 Å². The first-order valence-electron chi connectivity index (χ1n) is 11.7. The fraction of sp³-hybridized carbons (Fsp3) is 0.179. The second-order valence-electron chi connectivity index (χ2n) is 9.42. The van der Waals surface area contributed by atoms with Crippen LogP contribution in [0, 0.1) is 6.92 Å². The number of hydrogen-bond acceptors (Lipinski definition) is 5. The van der Waals surface area contributed by atoms with E-state index in [1.807, 2.05) is 6.92 Å². The largest absolute Gasteiger partial charge is 0.418 e. The fourth-order valence-corrected chi connectivity index (χ4v) is 4.54. The number of nitrogens with zero attached hydrogens (tertiary/aromatic N) is 4. The molecule has 192 valence electrons. The second kappa shape index (κ2) is 9.05. The van der Waals surface area contributed by atoms with Crippen LogP contribution in [0.1, 0.15) is 41.0 Å². The molecule has 1 aliphatic heterocycles. The number of benzene rings is 2. The number of aryl methyl sites for hydroxylation is 1. The molecule has 5 rings (SSSR count). The van der Waals surface area contributed by atoms with Crippen LogP contribution in [-0.2, 0) is 16.4 Å². The summed E-state index contributed by atoms with van der Waals surface area (Å²) >= 11 is 0. The molecule has 3 heterocycles. The Labute approximate surface area is 216 Å². The van der Waals surface area contributed by atoms with Gasteiger partial charge in [0, 0.05) is 29.2 Å². The van der Waals surface area contributed by atoms with Gasteiger partial charge in [-0.05, 0) is 57.2 Å². The normalized spacial score (nSPS) is 14.4. The number of carbonyl (C=O) groups excluding carboxylic acids is 2. The standard InChI is InChI=1S/C28H22F3N5O2/c1-16-8-10-17(11-9-16)34-24(37)23-19(28(29,30)31)12-13-20(35-23)18-6-4-7-21-22(18)27(2,3)25(38)36(21)26-32-14-5-15-33-26/h4-15H,1-3H3,(H,34,37). The molecule has 0 saturated heterocycles. The average molecular weight is 518 g/mol. The summed E-state index contributed by atoms with van der Waals surface area (Å²) in [5.41, 5.74) is -0.119. The van der Waals surface area contributed by atoms with Gasteiger partial charge in [-0.3, -0.25) is 9.59 Å². The molecule has 0 saturated carbocycles. The van der Waals surface area contributed by atoms with E-state index in [9.17, 15) is 22.8 Å². The number of fused-ring (bicyclic) bond motifs is 1. The molecule has 4 aromatic rings. The molecule has 2 aromatic heterocycles. The lowest BCUT2D eigenvalue weighted by Gasteiger charge is -2.20. The number of hydrogen-bond donors (Lipinski definition) is 1. The van der Waals surface area contributed by atoms with Crippen molar-refractivity contribution in [2.24, 2.45) is 0 Å². The zero-order valence-corrected chi connectivity index (χ0v) is 20.7. The molecule has 1 aliphatic rings. The first-order chi connectivity index (χ1) is 18.0. The highest BCUT2D eigenvalue weighted by Crippen LogP contribution is 2.48. The van der Waals surface area contributed by atoms with E-state index >= 15 is 0 Å². The van der Waals surface area contributed by atoms with Gasteiger partial charge in [0.05, 0.1) is 22.4 Å². The van der Waals surface area contributed by atoms with Crippen LogP contribution in [0.2, 0.25) is 0 Å². The Hall–Kier alpha value is -4.60. The SMILES string of the molecule is Cc1ccc(NC(=O)c2nc(-c3cccc4c3C(C)(C)C(=O)N4c3ncccn3)ccc2C(F)(F)F)cc1. The van der Waals surface area contributed by atoms with E-state index in [1.54, 1.807) is 62.4 Å². The van der Waals surface area contributed by atoms with Gasteiger partial charge < -0.3 is 5.32 Å². The molecule has 7 nitrogen and oxygen atoms in total. The maximum absolute atomic E-state index is 13.9. The Bertz CT molecular complexity index is 1550. The summed E-state index contributed by atoms with van der Waals surface area (Å²) in [6, 6.07) is 15.4. The summed E-state index contributed by atoms with van der Waals surface area (Å²) in [6.07, 6.45) is -1.78. The van der Waals surface area contributed by atoms with Crippen molar-refractivity contribution in [2.45, 2.75) is 32.4 Å². The van der Waals surface area contributed by atoms with Crippen molar-refractivity contribution in [3.63, 3.8) is 0 Å². The maximum atomic E-state index is 13.9. The highest BCUT2D eigenvalue weighted by molar-refractivity contribution is 6.13. The number of carbonyl (C=O) groups is 2. The molecule has 1 N–H and O–H groups in total. The van der Waals surface area contributed by atoms with Crippen LogP contribution in [0.15, 0.2) is 73.1 Å². The molecular weight excluding hydrogens is 495 g/mol. The van der Waals surface area contributed by atoms with Crippen LogP contribution in [0.5, 0.6) is 0 Å². The van der Waals surface area contributed by atoms with Crippen molar-refractivity contribution >= 4 is 29.1 Å². The van der Waals surface area contributed by atoms with Crippen molar-refractivity contribution in [1.82, 2.24) is 15.0 Å². The number of anilines is 3. The minimum Gasteiger partial charge on any atom is -0.321 e. The van der Waals surface area contributed by atoms with Crippen molar-refractivity contribution in [3.05, 3.63) is 95.4 Å². The highest BCUT2D eigenvalue weighted by atomic mass is 19.4. The van der Waals surface area contributed by atoms with Gasteiger partial charge in [0.15, 0.2) is 0 Å². The topological polar surface area (TPSA) is 88.1 Å². The molecule has 2 amide bonds. The molecule has 10 heteroatoms. The van der Waals surface area contributed by atoms with Crippen molar-refractivity contribution in [1.29, 1.82) is 0 Å². The number of nitrogens with one attached hydrogen (secondary N) is 1. The summed E-state index contributed by atoms with van der Waals surface area (Å²) < 4.78 is 41.6. The number of amides is 2. The lowest BCUT2D eigenvalue weighted by Crippen LogP contribution is -2.34. The summed E-state index contributed by atoms with van der Waals surface area (Å²) in [7, 11) is 0. The van der Waals surface area contributed by atoms with E-state index in [1.165, 1.54) is 23.4 Å². The van der Waals surface area contributed by atoms with Crippen LogP contribution in [0.4, 0.5) is 30.5 Å². The van der Waals surface area contributed by atoms with E-state index < -0.39 is 28.8 Å². The Morgan fingerprint density at radius 3 is 2.29 bits per heavy atom. The van der Waals surface area contributed by atoms with Crippen LogP contribution < -0.4 is 10.2 Å². The molecule has 0 unspecified atom stereocenters. The van der Waals surface area contributed by atoms with E-state index in [4.69, 9.17) is 0 Å². The summed E-state index contributed by atoms with van der Waals surface area (Å²) in [4.78, 5) is 40.5. The third-order valence-electron chi connectivity index (χ3n) is 6.40. The minimum absolute atomic E-state index is 0.126. The van der Waals surface area contributed by atoms with Gasteiger partial charge >= 0.3 is 6.18 Å². The van der Waals surface area contributed by atoms with Gasteiger partial charge in [-0.1, -0.05) is 29.8 Å². The van der Waals surface area contributed by atoms with Gasteiger partial charge in [0.25, 0.3) is 5.91 Å². The summed E-state index contributed by atoms with van der Waals surface area (Å²) in [6.45, 7) is 5.29. The Morgan fingerprint density at radius 2 is 1.63 bits per heavy atom. The van der Waals surface area contributed by atoms with E-state index in [2.05, 4.69) is 20.3 Å². The van der Waals surface area contributed by atoms with Crippen molar-refractivity contribution in [2.75, 3.05) is 10.2 Å². The molecule has 0 fully saturated rings. The Balaban J connectivity index is 1.64. The van der Waals surface area contributed by atoms with E-state index in [-0.39, 0.29) is 17.5 Å². The molecular formula is C28H22F3N5O2. The van der Waals surface area contributed by atoms with Crippen LogP contribution >= 0.6 is 0 Å². The van der Waals surface area contributed by atoms with Gasteiger partial charge in [0.1, 0.15) is 5.69 Å². The Morgan fingerprint density at radius 1 is 0.947 bits per heavy atom. The maximum Gasteiger partial charge on any atom is 0.418 e. The highest BCUT2D eigenvalue weighted by Gasteiger charge is 2.47. The smallest absolute Gasteiger partial charge is 0.321 e. The number of halogens is 3. The quantitative estimate of drug-likeness (QED) is 0.355. The molecule has 0 bridgehead atoms. The monoisotopic (exact) mass is 517 g/mol. The number of pyridine rings is 1. The first-order valence-corrected chi connectivity index (χ1v) is 11.7. The van der Waals surface area contributed by atoms with E-state index in [0.29, 0.717) is 22.5 Å². The number of rotatable bonds is 4. The first kappa shape index (κ1) is 25.1. The third kappa shape index (κ3) is 4.27. The molecule has 0 spiro atoms. The van der Waals surface area contributed by atoms with Gasteiger partial charge in [0.2, 0.25) is 11.9 Å². The zero-order valence-electron chi connectivity index (χ0n) is 20.7. The lowest BCUT2D eigenvalue weighted by atomic mass is 9.82. The summed E-state index contributed by atoms with van der Waals surface area (Å²) in [5.74, 6) is -1.11. The van der Waals surface area contributed by atoms with E-state index in [0.717, 1.165) is 11.6 Å². The van der Waals surface area contributed by atoms with Gasteiger partial charge in [-0.2, -0.15) is 13.2 Å². The average Bonchev–Trinajstić information content (AvgIpc) is 3.10. The summed E-state index contributed by atoms with van der Waals surface area (Å²) in [5, 5.41) is 2.50. The van der Waals surface area contributed by atoms with Crippen LogP contribution in [0.3, 0.4) is 0 Å². The van der Waals surface area contributed by atoms with Gasteiger partial charge in [-0.15, -0.1) is 0 Å². The molecule has 38 heavy (non-hydrogen) atoms. The van der Waals surface area contributed by atoms with Crippen LogP contribution in [-0.4, -0.2) is 26.8 Å². The minimum atomic E-state index is -4.80. The predicted octanol–water partition coefficient (Wildman–Crippen LogP) is 6.07. The zero-order chi connectivity index (χ0) is 27.2. The Kier molecular flexibility index (Phi) is 5.97. The predicted molar refractivity (Wildman–Crippen MR) is 136 cm³/mol. The third-order valence-corrected chi connectivity index (χ3v) is 6.40. The molecule has 2 aromatic carbocycles. The molecule has 0 aliphatic carbocycles. The van der Waals surface area contributed by atoms with Crippen LogP contribution in [0.25, 0.3) is 11.3 Å². The van der Waals surface area contributed by atoms with Crippen molar-refractivity contribution < 1.29 is 22.8 Å². The number of aromatic nitrogens is 3. The lowest BCUT2D eigenvalue weighted by molar-refractivity contribution is -0.138. The fourth-order valence-electron chi connectivity index (χ4n) is 4.54. The van der Waals surface area contributed by atoms with Crippen molar-refractivity contribution in [3.8, 4) is 11.3 Å². The second-order valence-corrected chi connectivity index (χ2v) is 9.42. The number of alkyl halides is 3. The molecule has 0 radical (unpaired) electrons. The molecule has 0 atom stereocenters.